The van der Waals surface area contributed by atoms with Gasteiger partial charge in [-0.15, -0.1) is 0 Å². The average molecular weight is 291 g/mol. The SMILES string of the molecule is CC(NS(=O)(=O)c1ccc(F)c(F)c1)C1CCCO1. The highest BCUT2D eigenvalue weighted by Gasteiger charge is 2.27. The summed E-state index contributed by atoms with van der Waals surface area (Å²) >= 11 is 0. The summed E-state index contributed by atoms with van der Waals surface area (Å²) in [4.78, 5) is -0.295. The fourth-order valence-corrected chi connectivity index (χ4v) is 3.31. The van der Waals surface area contributed by atoms with Crippen LogP contribution in [0.5, 0.6) is 0 Å². The molecule has 1 aromatic rings. The maximum Gasteiger partial charge on any atom is 0.241 e. The first-order valence-corrected chi connectivity index (χ1v) is 7.47. The van der Waals surface area contributed by atoms with Gasteiger partial charge in [0.25, 0.3) is 0 Å². The molecule has 2 rings (SSSR count). The zero-order chi connectivity index (χ0) is 14.0. The number of halogens is 2. The third-order valence-electron chi connectivity index (χ3n) is 3.06. The van der Waals surface area contributed by atoms with Crippen LogP contribution in [-0.2, 0) is 14.8 Å². The Labute approximate surface area is 110 Å². The summed E-state index contributed by atoms with van der Waals surface area (Å²) in [6.45, 7) is 2.30. The highest BCUT2D eigenvalue weighted by molar-refractivity contribution is 7.89. The summed E-state index contributed by atoms with van der Waals surface area (Å²) in [5.74, 6) is -2.27. The minimum absolute atomic E-state index is 0.180. The molecular weight excluding hydrogens is 276 g/mol. The van der Waals surface area contributed by atoms with Crippen molar-refractivity contribution < 1.29 is 21.9 Å². The minimum Gasteiger partial charge on any atom is -0.377 e. The molecule has 2 unspecified atom stereocenters. The quantitative estimate of drug-likeness (QED) is 0.920. The standard InChI is InChI=1S/C12H15F2NO3S/c1-8(12-3-2-6-18-12)15-19(16,17)9-4-5-10(13)11(14)7-9/h4-5,7-8,12,15H,2-3,6H2,1H3. The molecule has 1 aliphatic rings. The zero-order valence-corrected chi connectivity index (χ0v) is 11.2. The van der Waals surface area contributed by atoms with E-state index in [0.29, 0.717) is 12.7 Å². The highest BCUT2D eigenvalue weighted by Crippen LogP contribution is 2.18. The van der Waals surface area contributed by atoms with Crippen molar-refractivity contribution in [2.24, 2.45) is 0 Å². The number of sulfonamides is 1. The van der Waals surface area contributed by atoms with Gasteiger partial charge in [-0.1, -0.05) is 0 Å². The van der Waals surface area contributed by atoms with Crippen molar-refractivity contribution in [3.05, 3.63) is 29.8 Å². The molecule has 106 valence electrons. The molecule has 0 saturated carbocycles. The van der Waals surface area contributed by atoms with E-state index in [4.69, 9.17) is 4.74 Å². The molecule has 0 aromatic heterocycles. The second-order valence-electron chi connectivity index (χ2n) is 4.54. The molecular formula is C12H15F2NO3S. The van der Waals surface area contributed by atoms with Crippen LogP contribution >= 0.6 is 0 Å². The molecule has 7 heteroatoms. The van der Waals surface area contributed by atoms with Crippen molar-refractivity contribution in [1.29, 1.82) is 0 Å². The van der Waals surface area contributed by atoms with Gasteiger partial charge in [0.2, 0.25) is 10.0 Å². The topological polar surface area (TPSA) is 55.4 Å². The van der Waals surface area contributed by atoms with Gasteiger partial charge in [-0.25, -0.2) is 21.9 Å². The normalized spacial score (nSPS) is 21.5. The smallest absolute Gasteiger partial charge is 0.241 e. The number of hydrogen-bond donors (Lipinski definition) is 1. The number of nitrogens with one attached hydrogen (secondary N) is 1. The maximum atomic E-state index is 13.1. The molecule has 2 atom stereocenters. The molecule has 0 radical (unpaired) electrons. The first-order valence-electron chi connectivity index (χ1n) is 5.99. The predicted octanol–water partition coefficient (Wildman–Crippen LogP) is 1.81. The molecule has 19 heavy (non-hydrogen) atoms. The Morgan fingerprint density at radius 2 is 2.11 bits per heavy atom. The molecule has 0 amide bonds. The molecule has 0 spiro atoms. The van der Waals surface area contributed by atoms with E-state index in [0.717, 1.165) is 25.0 Å². The Balaban J connectivity index is 2.15. The van der Waals surface area contributed by atoms with Crippen molar-refractivity contribution in [2.75, 3.05) is 6.61 Å². The zero-order valence-electron chi connectivity index (χ0n) is 10.4. The lowest BCUT2D eigenvalue weighted by molar-refractivity contribution is 0.0902. The van der Waals surface area contributed by atoms with Crippen LogP contribution in [0.15, 0.2) is 23.1 Å². The van der Waals surface area contributed by atoms with Crippen LogP contribution in [0.2, 0.25) is 0 Å². The van der Waals surface area contributed by atoms with Crippen LogP contribution in [0.25, 0.3) is 0 Å². The number of hydrogen-bond acceptors (Lipinski definition) is 3. The summed E-state index contributed by atoms with van der Waals surface area (Å²) in [5, 5.41) is 0. The molecule has 0 aliphatic carbocycles. The highest BCUT2D eigenvalue weighted by atomic mass is 32.2. The van der Waals surface area contributed by atoms with Crippen LogP contribution in [0.3, 0.4) is 0 Å². The van der Waals surface area contributed by atoms with Gasteiger partial charge in [-0.2, -0.15) is 0 Å². The van der Waals surface area contributed by atoms with Crippen molar-refractivity contribution >= 4 is 10.0 Å². The van der Waals surface area contributed by atoms with Crippen molar-refractivity contribution in [1.82, 2.24) is 4.72 Å². The Morgan fingerprint density at radius 1 is 1.37 bits per heavy atom. The van der Waals surface area contributed by atoms with Crippen LogP contribution in [-0.4, -0.2) is 27.2 Å². The van der Waals surface area contributed by atoms with E-state index in [9.17, 15) is 17.2 Å². The van der Waals surface area contributed by atoms with E-state index in [1.807, 2.05) is 0 Å². The summed E-state index contributed by atoms with van der Waals surface area (Å²) in [5.41, 5.74) is 0. The maximum absolute atomic E-state index is 13.1. The summed E-state index contributed by atoms with van der Waals surface area (Å²) in [6, 6.07) is 2.07. The van der Waals surface area contributed by atoms with E-state index in [1.54, 1.807) is 6.92 Å². The average Bonchev–Trinajstić information content (AvgIpc) is 2.85. The van der Waals surface area contributed by atoms with Crippen LogP contribution in [0, 0.1) is 11.6 Å². The van der Waals surface area contributed by atoms with E-state index in [-0.39, 0.29) is 11.0 Å². The number of benzene rings is 1. The number of rotatable bonds is 4. The molecule has 1 saturated heterocycles. The van der Waals surface area contributed by atoms with Gasteiger partial charge >= 0.3 is 0 Å². The Hall–Kier alpha value is -1.05. The largest absolute Gasteiger partial charge is 0.377 e. The van der Waals surface area contributed by atoms with E-state index >= 15 is 0 Å². The molecule has 1 aliphatic heterocycles. The van der Waals surface area contributed by atoms with Gasteiger partial charge < -0.3 is 4.74 Å². The summed E-state index contributed by atoms with van der Waals surface area (Å²) in [7, 11) is -3.87. The lowest BCUT2D eigenvalue weighted by atomic mass is 10.1. The lowest BCUT2D eigenvalue weighted by Crippen LogP contribution is -2.40. The van der Waals surface area contributed by atoms with Crippen LogP contribution in [0.1, 0.15) is 19.8 Å². The lowest BCUT2D eigenvalue weighted by Gasteiger charge is -2.19. The van der Waals surface area contributed by atoms with Crippen LogP contribution in [0.4, 0.5) is 8.78 Å². The number of ether oxygens (including phenoxy) is 1. The first-order chi connectivity index (χ1) is 8.90. The molecule has 4 nitrogen and oxygen atoms in total. The summed E-state index contributed by atoms with van der Waals surface area (Å²) in [6.07, 6.45) is 1.49. The van der Waals surface area contributed by atoms with Gasteiger partial charge in [-0.3, -0.25) is 0 Å². The second kappa shape index (κ2) is 5.52. The Kier molecular flexibility index (Phi) is 4.17. The molecule has 1 heterocycles. The van der Waals surface area contributed by atoms with E-state index in [1.165, 1.54) is 0 Å². The minimum atomic E-state index is -3.87. The third-order valence-corrected chi connectivity index (χ3v) is 4.62. The van der Waals surface area contributed by atoms with Gasteiger partial charge in [0.1, 0.15) is 0 Å². The fourth-order valence-electron chi connectivity index (χ4n) is 2.03. The molecule has 1 N–H and O–H groups in total. The predicted molar refractivity (Wildman–Crippen MR) is 65.1 cm³/mol. The van der Waals surface area contributed by atoms with Gasteiger partial charge in [-0.05, 0) is 38.0 Å². The van der Waals surface area contributed by atoms with E-state index in [2.05, 4.69) is 4.72 Å². The molecule has 0 bridgehead atoms. The molecule has 1 aromatic carbocycles. The third kappa shape index (κ3) is 3.29. The Morgan fingerprint density at radius 3 is 2.68 bits per heavy atom. The molecule has 1 fully saturated rings. The van der Waals surface area contributed by atoms with Gasteiger partial charge in [0.05, 0.1) is 11.0 Å². The van der Waals surface area contributed by atoms with Crippen molar-refractivity contribution in [2.45, 2.75) is 36.8 Å². The van der Waals surface area contributed by atoms with E-state index < -0.39 is 27.7 Å². The van der Waals surface area contributed by atoms with Gasteiger partial charge in [0, 0.05) is 12.6 Å². The van der Waals surface area contributed by atoms with Gasteiger partial charge in [0.15, 0.2) is 11.6 Å². The van der Waals surface area contributed by atoms with Crippen LogP contribution < -0.4 is 4.72 Å². The monoisotopic (exact) mass is 291 g/mol. The van der Waals surface area contributed by atoms with Crippen molar-refractivity contribution in [3.8, 4) is 0 Å². The summed E-state index contributed by atoms with van der Waals surface area (Å²) < 4.78 is 57.7. The second-order valence-corrected chi connectivity index (χ2v) is 6.25. The Bertz CT molecular complexity index is 556. The first kappa shape index (κ1) is 14.4. The fraction of sp³-hybridized carbons (Fsp3) is 0.500. The van der Waals surface area contributed by atoms with Crippen molar-refractivity contribution in [3.63, 3.8) is 0 Å².